The molecular formula is C22H27FN2O2S. The van der Waals surface area contributed by atoms with Gasteiger partial charge in [-0.3, -0.25) is 9.69 Å². The van der Waals surface area contributed by atoms with Crippen molar-refractivity contribution in [2.24, 2.45) is 0 Å². The Kier molecular flexibility index (Phi) is 6.97. The highest BCUT2D eigenvalue weighted by Gasteiger charge is 2.32. The van der Waals surface area contributed by atoms with E-state index in [-0.39, 0.29) is 30.4 Å². The van der Waals surface area contributed by atoms with Crippen molar-refractivity contribution in [3.63, 3.8) is 0 Å². The predicted octanol–water partition coefficient (Wildman–Crippen LogP) is 4.05. The lowest BCUT2D eigenvalue weighted by atomic mass is 10.1. The molecule has 3 rings (SSSR count). The highest BCUT2D eigenvalue weighted by Crippen LogP contribution is 2.27. The minimum absolute atomic E-state index is 0.0108. The summed E-state index contributed by atoms with van der Waals surface area (Å²) in [6.07, 6.45) is 1.99. The molecule has 4 nitrogen and oxygen atoms in total. The first-order valence-corrected chi connectivity index (χ1v) is 10.7. The van der Waals surface area contributed by atoms with Crippen molar-refractivity contribution in [2.75, 3.05) is 26.0 Å². The van der Waals surface area contributed by atoms with E-state index in [9.17, 15) is 9.18 Å². The van der Waals surface area contributed by atoms with Crippen LogP contribution in [0.1, 0.15) is 19.4 Å². The summed E-state index contributed by atoms with van der Waals surface area (Å²) in [4.78, 5) is 18.0. The molecule has 0 N–H and O–H groups in total. The number of carbonyl (C=O) groups is 1. The lowest BCUT2D eigenvalue weighted by Crippen LogP contribution is -2.58. The van der Waals surface area contributed by atoms with Crippen LogP contribution in [-0.2, 0) is 11.3 Å². The number of nitrogens with zero attached hydrogens (tertiary/aromatic N) is 2. The molecule has 0 bridgehead atoms. The summed E-state index contributed by atoms with van der Waals surface area (Å²) in [5.74, 6) is 0.541. The zero-order valence-electron chi connectivity index (χ0n) is 16.6. The third kappa shape index (κ3) is 5.06. The van der Waals surface area contributed by atoms with Gasteiger partial charge in [0.15, 0.2) is 6.61 Å². The fraction of sp³-hybridized carbons (Fsp3) is 0.409. The molecule has 2 atom stereocenters. The fourth-order valence-corrected chi connectivity index (χ4v) is 4.09. The Morgan fingerprint density at radius 2 is 1.82 bits per heavy atom. The van der Waals surface area contributed by atoms with Crippen LogP contribution in [0.3, 0.4) is 0 Å². The van der Waals surface area contributed by atoms with E-state index in [4.69, 9.17) is 4.74 Å². The summed E-state index contributed by atoms with van der Waals surface area (Å²) in [5.41, 5.74) is 1.08. The number of thioether (sulfide) groups is 1. The van der Waals surface area contributed by atoms with Crippen LogP contribution in [0.15, 0.2) is 53.4 Å². The van der Waals surface area contributed by atoms with Gasteiger partial charge in [-0.05, 0) is 49.9 Å². The Hall–Kier alpha value is -2.05. The molecule has 150 valence electrons. The van der Waals surface area contributed by atoms with E-state index in [0.29, 0.717) is 6.54 Å². The molecular weight excluding hydrogens is 375 g/mol. The highest BCUT2D eigenvalue weighted by molar-refractivity contribution is 7.98. The molecule has 0 radical (unpaired) electrons. The van der Waals surface area contributed by atoms with Crippen LogP contribution in [0.2, 0.25) is 0 Å². The molecule has 1 aliphatic rings. The first kappa shape index (κ1) is 20.7. The number of halogens is 1. The van der Waals surface area contributed by atoms with Crippen molar-refractivity contribution >= 4 is 17.7 Å². The predicted molar refractivity (Wildman–Crippen MR) is 111 cm³/mol. The van der Waals surface area contributed by atoms with Crippen LogP contribution in [0, 0.1) is 5.82 Å². The van der Waals surface area contributed by atoms with Crippen molar-refractivity contribution in [3.8, 4) is 5.75 Å². The van der Waals surface area contributed by atoms with E-state index in [1.54, 1.807) is 11.8 Å². The van der Waals surface area contributed by atoms with Gasteiger partial charge in [0.05, 0.1) is 0 Å². The van der Waals surface area contributed by atoms with E-state index in [2.05, 4.69) is 18.7 Å². The van der Waals surface area contributed by atoms with E-state index in [1.165, 1.54) is 12.1 Å². The summed E-state index contributed by atoms with van der Waals surface area (Å²) < 4.78 is 18.9. The lowest BCUT2D eigenvalue weighted by Gasteiger charge is -2.44. The smallest absolute Gasteiger partial charge is 0.260 e. The van der Waals surface area contributed by atoms with E-state index >= 15 is 0 Å². The molecule has 2 aromatic carbocycles. The Balaban J connectivity index is 1.57. The third-order valence-corrected chi connectivity index (χ3v) is 5.93. The summed E-state index contributed by atoms with van der Waals surface area (Å²) in [6.45, 7) is 6.44. The van der Waals surface area contributed by atoms with Crippen LogP contribution in [-0.4, -0.2) is 53.7 Å². The monoisotopic (exact) mass is 402 g/mol. The van der Waals surface area contributed by atoms with Gasteiger partial charge < -0.3 is 9.64 Å². The molecule has 1 amide bonds. The number of hydrogen-bond donors (Lipinski definition) is 0. The second kappa shape index (κ2) is 9.43. The van der Waals surface area contributed by atoms with Gasteiger partial charge in [-0.1, -0.05) is 24.3 Å². The van der Waals surface area contributed by atoms with Crippen molar-refractivity contribution in [1.29, 1.82) is 0 Å². The Labute approximate surface area is 170 Å². The van der Waals surface area contributed by atoms with E-state index in [0.717, 1.165) is 29.3 Å². The van der Waals surface area contributed by atoms with Gasteiger partial charge in [-0.25, -0.2) is 4.39 Å². The van der Waals surface area contributed by atoms with Gasteiger partial charge >= 0.3 is 0 Å². The van der Waals surface area contributed by atoms with Crippen LogP contribution in [0.4, 0.5) is 4.39 Å². The molecule has 2 unspecified atom stereocenters. The number of carbonyl (C=O) groups excluding carboxylic acids is 1. The first-order chi connectivity index (χ1) is 13.5. The number of rotatable bonds is 6. The number of benzene rings is 2. The largest absolute Gasteiger partial charge is 0.483 e. The maximum Gasteiger partial charge on any atom is 0.260 e. The van der Waals surface area contributed by atoms with Crippen LogP contribution in [0.5, 0.6) is 5.75 Å². The Bertz CT molecular complexity index is 799. The van der Waals surface area contributed by atoms with Crippen molar-refractivity contribution in [1.82, 2.24) is 9.80 Å². The number of para-hydroxylation sites is 1. The number of piperazine rings is 1. The van der Waals surface area contributed by atoms with Crippen molar-refractivity contribution < 1.29 is 13.9 Å². The van der Waals surface area contributed by atoms with Crippen LogP contribution in [0.25, 0.3) is 0 Å². The quantitative estimate of drug-likeness (QED) is 0.683. The zero-order valence-corrected chi connectivity index (χ0v) is 17.4. The summed E-state index contributed by atoms with van der Waals surface area (Å²) >= 11 is 1.61. The topological polar surface area (TPSA) is 32.8 Å². The van der Waals surface area contributed by atoms with Gasteiger partial charge in [0, 0.05) is 36.6 Å². The lowest BCUT2D eigenvalue weighted by molar-refractivity contribution is -0.139. The molecule has 1 fully saturated rings. The number of ether oxygens (including phenoxy) is 1. The first-order valence-electron chi connectivity index (χ1n) is 9.51. The van der Waals surface area contributed by atoms with Crippen LogP contribution >= 0.6 is 11.8 Å². The molecule has 1 heterocycles. The van der Waals surface area contributed by atoms with E-state index in [1.807, 2.05) is 47.6 Å². The maximum absolute atomic E-state index is 13.1. The molecule has 6 heteroatoms. The molecule has 0 saturated carbocycles. The van der Waals surface area contributed by atoms with Gasteiger partial charge in [-0.2, -0.15) is 0 Å². The van der Waals surface area contributed by atoms with Gasteiger partial charge in [0.25, 0.3) is 5.91 Å². The van der Waals surface area contributed by atoms with Gasteiger partial charge in [0.2, 0.25) is 0 Å². The minimum atomic E-state index is -0.219. The Morgan fingerprint density at radius 1 is 1.11 bits per heavy atom. The molecule has 2 aromatic rings. The second-order valence-electron chi connectivity index (χ2n) is 7.24. The third-order valence-electron chi connectivity index (χ3n) is 5.15. The highest BCUT2D eigenvalue weighted by atomic mass is 32.2. The summed E-state index contributed by atoms with van der Waals surface area (Å²) in [5, 5.41) is 0. The average Bonchev–Trinajstić information content (AvgIpc) is 2.70. The fourth-order valence-electron chi connectivity index (χ4n) is 3.55. The molecule has 28 heavy (non-hydrogen) atoms. The zero-order chi connectivity index (χ0) is 20.1. The normalized spacial score (nSPS) is 20.2. The average molecular weight is 403 g/mol. The molecule has 1 saturated heterocycles. The summed E-state index contributed by atoms with van der Waals surface area (Å²) in [6, 6.07) is 14.7. The molecule has 0 aromatic heterocycles. The number of hydrogen-bond acceptors (Lipinski definition) is 4. The van der Waals surface area contributed by atoms with Crippen LogP contribution < -0.4 is 4.74 Å². The molecule has 0 aliphatic carbocycles. The van der Waals surface area contributed by atoms with Crippen molar-refractivity contribution in [3.05, 3.63) is 59.9 Å². The SMILES string of the molecule is CSc1ccccc1OCC(=O)N1CC(C)N(Cc2ccc(F)cc2)CC1C. The molecule has 0 spiro atoms. The van der Waals surface area contributed by atoms with Gasteiger partial charge in [0.1, 0.15) is 11.6 Å². The minimum Gasteiger partial charge on any atom is -0.483 e. The summed E-state index contributed by atoms with van der Waals surface area (Å²) in [7, 11) is 0. The maximum atomic E-state index is 13.1. The number of amides is 1. The standard InChI is InChI=1S/C22H27FN2O2S/c1-16-13-25(22(26)15-27-20-6-4-5-7-21(20)28-3)17(2)12-24(16)14-18-8-10-19(23)11-9-18/h4-11,16-17H,12-15H2,1-3H3. The Morgan fingerprint density at radius 3 is 2.54 bits per heavy atom. The van der Waals surface area contributed by atoms with Crippen molar-refractivity contribution in [2.45, 2.75) is 37.4 Å². The van der Waals surface area contributed by atoms with E-state index < -0.39 is 0 Å². The van der Waals surface area contributed by atoms with Gasteiger partial charge in [-0.15, -0.1) is 11.8 Å². The molecule has 1 aliphatic heterocycles. The second-order valence-corrected chi connectivity index (χ2v) is 8.09.